The summed E-state index contributed by atoms with van der Waals surface area (Å²) < 4.78 is 35.6. The maximum atomic E-state index is 17.1. The summed E-state index contributed by atoms with van der Waals surface area (Å²) >= 11 is 1.45. The van der Waals surface area contributed by atoms with E-state index in [0.717, 1.165) is 68.7 Å². The number of halogens is 1. The molecule has 2 aromatic heterocycles. The first-order valence-corrected chi connectivity index (χ1v) is 25.5. The van der Waals surface area contributed by atoms with Crippen LogP contribution in [0, 0.1) is 29.0 Å². The van der Waals surface area contributed by atoms with Crippen molar-refractivity contribution in [3.05, 3.63) is 107 Å². The maximum absolute atomic E-state index is 17.1. The van der Waals surface area contributed by atoms with Crippen molar-refractivity contribution < 1.29 is 37.8 Å². The lowest BCUT2D eigenvalue weighted by molar-refractivity contribution is -0.134. The SMILES string of the molecule is COC(=O)N[C@H](C(=O)N1CCC[C@H]1C1=NC=C(c2cc(F)c3c(c2)OC(c2ncc(-c4ccc(C#N)cc4)s2)n2c-3cc3cc(C4=CN=C([C@@H]5CCCN5C(=O)[C@@H](NC(=O)OC)C(C)C)C4)ccc32)C1)C(C)C. The number of rotatable bonds is 12. The van der Waals surface area contributed by atoms with Crippen LogP contribution >= 0.6 is 11.3 Å². The standard InChI is InChI=1S/C55H56FN9O7S/c1-29(2)48(61-54(68)70-5)51(66)63-17-7-9-42(63)39-21-36(26-58-39)33-15-16-41-35(19-33)23-44-47-38(56)20-34(24-45(47)72-53(65(41)44)50-60-28-46(73-50)32-13-11-31(25-57)12-14-32)37-22-40(59-27-37)43-10-8-18-64(43)52(67)49(30(3)4)62-55(69)71-6/h11-16,19-20,23-24,26-30,42-43,48-49,53H,7-10,17-18,21-22H2,1-6H3,(H,61,68)(H,62,69)/t42-,43-,48-,49-,53?/m0/s1. The number of ether oxygens (including phenoxy) is 3. The highest BCUT2D eigenvalue weighted by Gasteiger charge is 2.41. The van der Waals surface area contributed by atoms with Gasteiger partial charge in [0.15, 0.2) is 5.01 Å². The predicted octanol–water partition coefficient (Wildman–Crippen LogP) is 9.50. The molecule has 2 saturated heterocycles. The summed E-state index contributed by atoms with van der Waals surface area (Å²) in [4.78, 5) is 71.2. The van der Waals surface area contributed by atoms with Crippen LogP contribution in [0.2, 0.25) is 0 Å². The van der Waals surface area contributed by atoms with Crippen molar-refractivity contribution in [3.8, 4) is 33.5 Å². The van der Waals surface area contributed by atoms with Crippen LogP contribution in [0.15, 0.2) is 89.2 Å². The number of aromatic nitrogens is 2. The molecule has 3 aromatic carbocycles. The van der Waals surface area contributed by atoms with Gasteiger partial charge in [-0.2, -0.15) is 5.26 Å². The molecule has 0 bridgehead atoms. The van der Waals surface area contributed by atoms with Gasteiger partial charge in [-0.1, -0.05) is 45.9 Å². The summed E-state index contributed by atoms with van der Waals surface area (Å²) in [6.07, 6.45) is 7.31. The molecule has 0 radical (unpaired) electrons. The Balaban J connectivity index is 0.942. The minimum absolute atomic E-state index is 0.149. The van der Waals surface area contributed by atoms with Gasteiger partial charge in [-0.25, -0.2) is 19.0 Å². The van der Waals surface area contributed by atoms with Crippen LogP contribution in [-0.4, -0.2) is 106 Å². The van der Waals surface area contributed by atoms with Crippen LogP contribution in [-0.2, 0) is 19.1 Å². The minimum Gasteiger partial charge on any atom is -0.462 e. The number of carbonyl (C=O) groups excluding carboxylic acids is 4. The molecule has 376 valence electrons. The number of fused-ring (bicyclic) bond motifs is 5. The first-order chi connectivity index (χ1) is 35.2. The first-order valence-electron chi connectivity index (χ1n) is 24.7. The molecule has 5 aliphatic heterocycles. The number of methoxy groups -OCH3 is 2. The molecule has 2 N–H and O–H groups in total. The van der Waals surface area contributed by atoms with Gasteiger partial charge in [0, 0.05) is 61.3 Å². The van der Waals surface area contributed by atoms with Crippen molar-refractivity contribution in [2.45, 2.75) is 96.6 Å². The lowest BCUT2D eigenvalue weighted by atomic mass is 9.95. The van der Waals surface area contributed by atoms with Crippen molar-refractivity contribution in [1.82, 2.24) is 30.0 Å². The van der Waals surface area contributed by atoms with Gasteiger partial charge >= 0.3 is 12.2 Å². The smallest absolute Gasteiger partial charge is 0.407 e. The number of hydrogen-bond acceptors (Lipinski definition) is 12. The topological polar surface area (TPSA) is 193 Å². The molecule has 5 aromatic rings. The third-order valence-electron chi connectivity index (χ3n) is 14.5. The number of aliphatic imine (C=N–C) groups is 2. The van der Waals surface area contributed by atoms with E-state index in [4.69, 9.17) is 29.2 Å². The molecule has 16 nitrogen and oxygen atoms in total. The molecule has 5 aliphatic rings. The van der Waals surface area contributed by atoms with Crippen LogP contribution in [0.25, 0.3) is 43.7 Å². The Labute approximate surface area is 426 Å². The summed E-state index contributed by atoms with van der Waals surface area (Å²) in [7, 11) is 2.55. The fourth-order valence-electron chi connectivity index (χ4n) is 10.7. The van der Waals surface area contributed by atoms with Gasteiger partial charge in [-0.3, -0.25) is 24.1 Å². The Morgan fingerprint density at radius 3 is 1.92 bits per heavy atom. The number of allylic oxidation sites excluding steroid dienone is 2. The molecule has 1 unspecified atom stereocenters. The van der Waals surface area contributed by atoms with Crippen molar-refractivity contribution in [3.63, 3.8) is 0 Å². The van der Waals surface area contributed by atoms with Crippen LogP contribution in [0.1, 0.15) is 94.1 Å². The zero-order chi connectivity index (χ0) is 51.2. The third-order valence-corrected chi connectivity index (χ3v) is 15.6. The normalized spacial score (nSPS) is 19.9. The van der Waals surface area contributed by atoms with E-state index in [2.05, 4.69) is 22.8 Å². The number of hydrogen-bond donors (Lipinski definition) is 2. The van der Waals surface area contributed by atoms with Gasteiger partial charge in [0.2, 0.25) is 18.0 Å². The number of thiazole rings is 1. The summed E-state index contributed by atoms with van der Waals surface area (Å²) in [6.45, 7) is 8.63. The van der Waals surface area contributed by atoms with E-state index < -0.39 is 36.3 Å². The van der Waals surface area contributed by atoms with Gasteiger partial charge in [0.25, 0.3) is 0 Å². The van der Waals surface area contributed by atoms with Crippen LogP contribution < -0.4 is 15.4 Å². The van der Waals surface area contributed by atoms with E-state index in [1.807, 2.05) is 79.8 Å². The summed E-state index contributed by atoms with van der Waals surface area (Å²) in [5.41, 5.74) is 8.18. The van der Waals surface area contributed by atoms with Gasteiger partial charge < -0.3 is 34.6 Å². The first kappa shape index (κ1) is 49.0. The minimum atomic E-state index is -0.776. The maximum Gasteiger partial charge on any atom is 0.407 e. The average Bonchev–Trinajstić information content (AvgIpc) is 4.26. The largest absolute Gasteiger partial charge is 0.462 e. The zero-order valence-corrected chi connectivity index (χ0v) is 42.3. The molecule has 18 heteroatoms. The average molecular weight is 1010 g/mol. The van der Waals surface area contributed by atoms with Crippen LogP contribution in [0.3, 0.4) is 0 Å². The molecular formula is C55H56FN9O7S. The molecule has 0 spiro atoms. The van der Waals surface area contributed by atoms with Crippen molar-refractivity contribution in [2.24, 2.45) is 21.8 Å². The lowest BCUT2D eigenvalue weighted by Gasteiger charge is -2.31. The molecule has 0 aliphatic carbocycles. The molecule has 5 atom stereocenters. The van der Waals surface area contributed by atoms with Crippen LogP contribution in [0.4, 0.5) is 14.0 Å². The Morgan fingerprint density at radius 2 is 1.36 bits per heavy atom. The van der Waals surface area contributed by atoms with Gasteiger partial charge in [-0.05, 0) is 108 Å². The second-order valence-corrected chi connectivity index (χ2v) is 20.8. The van der Waals surface area contributed by atoms with Gasteiger partial charge in [0.1, 0.15) is 23.7 Å². The van der Waals surface area contributed by atoms with Crippen LogP contribution in [0.5, 0.6) is 5.75 Å². The highest BCUT2D eigenvalue weighted by atomic mass is 32.1. The quantitative estimate of drug-likeness (QED) is 0.122. The predicted molar refractivity (Wildman–Crippen MR) is 276 cm³/mol. The van der Waals surface area contributed by atoms with Gasteiger partial charge in [-0.15, -0.1) is 11.3 Å². The van der Waals surface area contributed by atoms with E-state index in [1.165, 1.54) is 31.6 Å². The monoisotopic (exact) mass is 1010 g/mol. The number of amides is 4. The third kappa shape index (κ3) is 9.26. The van der Waals surface area contributed by atoms with Crippen molar-refractivity contribution in [1.29, 1.82) is 5.26 Å². The van der Waals surface area contributed by atoms with Crippen molar-refractivity contribution >= 4 is 68.8 Å². The Hall–Kier alpha value is -7.65. The van der Waals surface area contributed by atoms with E-state index in [-0.39, 0.29) is 35.7 Å². The molecule has 0 saturated carbocycles. The Bertz CT molecular complexity index is 3220. The second-order valence-electron chi connectivity index (χ2n) is 19.7. The number of nitrogens with one attached hydrogen (secondary N) is 2. The number of nitriles is 1. The van der Waals surface area contributed by atoms with E-state index in [0.29, 0.717) is 65.5 Å². The highest BCUT2D eigenvalue weighted by molar-refractivity contribution is 7.15. The molecule has 73 heavy (non-hydrogen) atoms. The second kappa shape index (κ2) is 20.1. The Kier molecular flexibility index (Phi) is 13.5. The number of carbonyl (C=O) groups is 4. The molecule has 7 heterocycles. The fraction of sp³-hybridized carbons (Fsp3) is 0.382. The van der Waals surface area contributed by atoms with E-state index in [1.54, 1.807) is 29.4 Å². The summed E-state index contributed by atoms with van der Waals surface area (Å²) in [5.74, 6) is -0.799. The molecular weight excluding hydrogens is 950 g/mol. The number of benzene rings is 3. The number of likely N-dealkylation sites (tertiary alicyclic amines) is 2. The lowest BCUT2D eigenvalue weighted by Crippen LogP contribution is -2.53. The summed E-state index contributed by atoms with van der Waals surface area (Å²) in [5, 5.41) is 16.3. The van der Waals surface area contributed by atoms with Gasteiger partial charge in [0.05, 0.1) is 59.6 Å². The van der Waals surface area contributed by atoms with E-state index >= 15 is 4.39 Å². The van der Waals surface area contributed by atoms with E-state index in [9.17, 15) is 24.4 Å². The molecule has 2 fully saturated rings. The zero-order valence-electron chi connectivity index (χ0n) is 41.5. The summed E-state index contributed by atoms with van der Waals surface area (Å²) in [6, 6.07) is 19.0. The highest BCUT2D eigenvalue weighted by Crippen LogP contribution is 2.48. The fourth-order valence-corrected chi connectivity index (χ4v) is 11.7. The number of alkyl carbamates (subject to hydrolysis) is 2. The van der Waals surface area contributed by atoms with Crippen molar-refractivity contribution in [2.75, 3.05) is 27.3 Å². The Morgan fingerprint density at radius 1 is 0.781 bits per heavy atom. The molecule has 4 amide bonds. The number of nitrogens with zero attached hydrogens (tertiary/aromatic N) is 7. The molecule has 10 rings (SSSR count).